The van der Waals surface area contributed by atoms with Gasteiger partial charge in [0.05, 0.1) is 5.75 Å². The fourth-order valence-corrected chi connectivity index (χ4v) is 2.61. The molecule has 2 aromatic rings. The number of amides is 2. The molecule has 22 heavy (non-hydrogen) atoms. The van der Waals surface area contributed by atoms with E-state index in [0.29, 0.717) is 11.3 Å². The predicted octanol–water partition coefficient (Wildman–Crippen LogP) is 2.54. The van der Waals surface area contributed by atoms with E-state index in [2.05, 4.69) is 31.8 Å². The first-order chi connectivity index (χ1) is 10.6. The third kappa shape index (κ3) is 5.50. The van der Waals surface area contributed by atoms with Crippen molar-refractivity contribution in [1.82, 2.24) is 15.8 Å². The molecule has 0 unspecified atom stereocenters. The molecule has 0 saturated carbocycles. The van der Waals surface area contributed by atoms with Gasteiger partial charge in [0, 0.05) is 28.2 Å². The van der Waals surface area contributed by atoms with Crippen molar-refractivity contribution in [2.45, 2.75) is 5.75 Å². The number of carbonyl (C=O) groups excluding carboxylic acids is 2. The maximum Gasteiger partial charge on any atom is 0.269 e. The van der Waals surface area contributed by atoms with Gasteiger partial charge >= 0.3 is 0 Å². The number of pyridine rings is 1. The summed E-state index contributed by atoms with van der Waals surface area (Å²) in [6.45, 7) is 0. The van der Waals surface area contributed by atoms with Crippen LogP contribution in [-0.4, -0.2) is 22.6 Å². The Balaban J connectivity index is 1.69. The number of nitrogens with one attached hydrogen (secondary N) is 2. The largest absolute Gasteiger partial charge is 0.272 e. The summed E-state index contributed by atoms with van der Waals surface area (Å²) in [5, 5.41) is 0. The summed E-state index contributed by atoms with van der Waals surface area (Å²) in [6, 6.07) is 10.7. The van der Waals surface area contributed by atoms with Gasteiger partial charge in [-0.3, -0.25) is 25.4 Å². The predicted molar refractivity (Wildman–Crippen MR) is 90.1 cm³/mol. The first-order valence-corrected chi connectivity index (χ1v) is 8.41. The molecule has 0 saturated heterocycles. The Bertz CT molecular complexity index is 635. The molecule has 1 aromatic carbocycles. The van der Waals surface area contributed by atoms with Gasteiger partial charge < -0.3 is 0 Å². The summed E-state index contributed by atoms with van der Waals surface area (Å²) >= 11 is 4.75. The summed E-state index contributed by atoms with van der Waals surface area (Å²) in [7, 11) is 0. The third-order valence-electron chi connectivity index (χ3n) is 2.65. The molecule has 0 radical (unpaired) electrons. The van der Waals surface area contributed by atoms with E-state index >= 15 is 0 Å². The number of hydrogen-bond acceptors (Lipinski definition) is 4. The highest BCUT2D eigenvalue weighted by atomic mass is 79.9. The highest BCUT2D eigenvalue weighted by Gasteiger charge is 2.07. The van der Waals surface area contributed by atoms with E-state index in [1.54, 1.807) is 36.7 Å². The summed E-state index contributed by atoms with van der Waals surface area (Å²) in [6.07, 6.45) is 3.47. The van der Waals surface area contributed by atoms with Crippen LogP contribution in [0, 0.1) is 0 Å². The number of halogens is 1. The van der Waals surface area contributed by atoms with Gasteiger partial charge in [0.2, 0.25) is 5.91 Å². The smallest absolute Gasteiger partial charge is 0.269 e. The van der Waals surface area contributed by atoms with E-state index < -0.39 is 0 Å². The monoisotopic (exact) mass is 379 g/mol. The fraction of sp³-hybridized carbons (Fsp3) is 0.133. The third-order valence-corrected chi connectivity index (χ3v) is 4.18. The van der Waals surface area contributed by atoms with Crippen LogP contribution in [0.15, 0.2) is 53.3 Å². The average Bonchev–Trinajstić information content (AvgIpc) is 2.54. The number of aromatic nitrogens is 1. The minimum atomic E-state index is -0.349. The number of benzene rings is 1. The number of nitrogens with zero attached hydrogens (tertiary/aromatic N) is 1. The number of hydrogen-bond donors (Lipinski definition) is 2. The molecular formula is C15H14BrN3O2S. The lowest BCUT2D eigenvalue weighted by Gasteiger charge is -2.07. The molecule has 5 nitrogen and oxygen atoms in total. The van der Waals surface area contributed by atoms with Crippen LogP contribution < -0.4 is 10.9 Å². The van der Waals surface area contributed by atoms with Crippen molar-refractivity contribution in [1.29, 1.82) is 0 Å². The highest BCUT2D eigenvalue weighted by molar-refractivity contribution is 9.10. The van der Waals surface area contributed by atoms with Gasteiger partial charge in [-0.15, -0.1) is 11.8 Å². The van der Waals surface area contributed by atoms with Crippen LogP contribution in [0.2, 0.25) is 0 Å². The molecule has 0 aliphatic rings. The van der Waals surface area contributed by atoms with Crippen molar-refractivity contribution in [3.8, 4) is 0 Å². The first-order valence-electron chi connectivity index (χ1n) is 6.46. The Morgan fingerprint density at radius 1 is 1.14 bits per heavy atom. The van der Waals surface area contributed by atoms with Crippen LogP contribution in [-0.2, 0) is 10.5 Å². The first kappa shape index (κ1) is 16.5. The second-order valence-corrected chi connectivity index (χ2v) is 6.26. The summed E-state index contributed by atoms with van der Waals surface area (Å²) in [4.78, 5) is 27.5. The van der Waals surface area contributed by atoms with Crippen LogP contribution in [0.25, 0.3) is 0 Å². The van der Waals surface area contributed by atoms with E-state index in [0.717, 1.165) is 10.0 Å². The normalized spacial score (nSPS) is 10.0. The van der Waals surface area contributed by atoms with Crippen molar-refractivity contribution >= 4 is 39.5 Å². The molecule has 114 valence electrons. The number of thioether (sulfide) groups is 1. The fourth-order valence-electron chi connectivity index (χ4n) is 1.58. The number of carbonyl (C=O) groups is 2. The molecule has 0 aliphatic heterocycles. The molecule has 2 amide bonds. The molecule has 2 rings (SSSR count). The zero-order valence-electron chi connectivity index (χ0n) is 11.6. The van der Waals surface area contributed by atoms with Crippen molar-refractivity contribution < 1.29 is 9.59 Å². The number of hydrazine groups is 1. The van der Waals surface area contributed by atoms with Crippen LogP contribution >= 0.6 is 27.7 Å². The molecule has 0 bridgehead atoms. The number of rotatable bonds is 5. The Kier molecular flexibility index (Phi) is 6.42. The van der Waals surface area contributed by atoms with Crippen LogP contribution in [0.3, 0.4) is 0 Å². The molecule has 0 fully saturated rings. The molecule has 1 heterocycles. The van der Waals surface area contributed by atoms with Crippen LogP contribution in [0.1, 0.15) is 15.9 Å². The Morgan fingerprint density at radius 3 is 2.59 bits per heavy atom. The van der Waals surface area contributed by atoms with Crippen LogP contribution in [0.5, 0.6) is 0 Å². The zero-order chi connectivity index (χ0) is 15.8. The standard InChI is InChI=1S/C15H14BrN3O2S/c16-13-5-3-12(4-6-13)15(21)19-18-14(20)10-22-9-11-2-1-7-17-8-11/h1-8H,9-10H2,(H,18,20)(H,19,21). The average molecular weight is 380 g/mol. The van der Waals surface area contributed by atoms with E-state index in [1.165, 1.54) is 11.8 Å². The summed E-state index contributed by atoms with van der Waals surface area (Å²) < 4.78 is 0.889. The Morgan fingerprint density at radius 2 is 1.91 bits per heavy atom. The van der Waals surface area contributed by atoms with E-state index in [4.69, 9.17) is 0 Å². The van der Waals surface area contributed by atoms with Gasteiger partial charge in [-0.25, -0.2) is 0 Å². The van der Waals surface area contributed by atoms with Gasteiger partial charge in [0.25, 0.3) is 5.91 Å². The van der Waals surface area contributed by atoms with Crippen molar-refractivity contribution in [3.63, 3.8) is 0 Å². The molecule has 2 N–H and O–H groups in total. The van der Waals surface area contributed by atoms with Gasteiger partial charge in [0.15, 0.2) is 0 Å². The molecular weight excluding hydrogens is 366 g/mol. The van der Waals surface area contributed by atoms with Crippen molar-refractivity contribution in [2.24, 2.45) is 0 Å². The molecule has 1 aromatic heterocycles. The lowest BCUT2D eigenvalue weighted by molar-refractivity contribution is -0.119. The molecule has 0 atom stereocenters. The lowest BCUT2D eigenvalue weighted by Crippen LogP contribution is -2.42. The Labute approximate surface area is 141 Å². The van der Waals surface area contributed by atoms with E-state index in [-0.39, 0.29) is 17.6 Å². The van der Waals surface area contributed by atoms with Gasteiger partial charge in [-0.05, 0) is 35.9 Å². The molecule has 7 heteroatoms. The van der Waals surface area contributed by atoms with E-state index in [9.17, 15) is 9.59 Å². The van der Waals surface area contributed by atoms with Crippen molar-refractivity contribution in [3.05, 3.63) is 64.4 Å². The summed E-state index contributed by atoms with van der Waals surface area (Å²) in [5.74, 6) is 0.356. The Hall–Kier alpha value is -1.86. The summed E-state index contributed by atoms with van der Waals surface area (Å²) in [5.41, 5.74) is 6.32. The lowest BCUT2D eigenvalue weighted by atomic mass is 10.2. The maximum atomic E-state index is 11.8. The van der Waals surface area contributed by atoms with E-state index in [1.807, 2.05) is 12.1 Å². The van der Waals surface area contributed by atoms with Gasteiger partial charge in [-0.1, -0.05) is 22.0 Å². The minimum Gasteiger partial charge on any atom is -0.272 e. The molecule has 0 spiro atoms. The van der Waals surface area contributed by atoms with Gasteiger partial charge in [0.1, 0.15) is 0 Å². The van der Waals surface area contributed by atoms with Crippen molar-refractivity contribution in [2.75, 3.05) is 5.75 Å². The molecule has 0 aliphatic carbocycles. The quantitative estimate of drug-likeness (QED) is 0.783. The second kappa shape index (κ2) is 8.55. The highest BCUT2D eigenvalue weighted by Crippen LogP contribution is 2.11. The maximum absolute atomic E-state index is 11.8. The van der Waals surface area contributed by atoms with Crippen LogP contribution in [0.4, 0.5) is 0 Å². The topological polar surface area (TPSA) is 71.1 Å². The van der Waals surface area contributed by atoms with Gasteiger partial charge in [-0.2, -0.15) is 0 Å². The zero-order valence-corrected chi connectivity index (χ0v) is 14.0. The second-order valence-electron chi connectivity index (χ2n) is 4.36. The SMILES string of the molecule is O=C(CSCc1cccnc1)NNC(=O)c1ccc(Br)cc1. The minimum absolute atomic E-state index is 0.251.